The summed E-state index contributed by atoms with van der Waals surface area (Å²) in [5, 5.41) is 2.90. The van der Waals surface area contributed by atoms with Gasteiger partial charge in [0.25, 0.3) is 6.71 Å². The molecule has 2 aliphatic rings. The molecule has 0 amide bonds. The number of fused-ring (bicyclic) bond motifs is 19. The van der Waals surface area contributed by atoms with E-state index < -0.39 is 173 Å². The van der Waals surface area contributed by atoms with Crippen LogP contribution in [0.2, 0.25) is 0 Å². The van der Waals surface area contributed by atoms with Crippen LogP contribution in [0.25, 0.3) is 149 Å². The van der Waals surface area contributed by atoms with Gasteiger partial charge in [-0.1, -0.05) is 212 Å². The van der Waals surface area contributed by atoms with E-state index >= 15 is 0 Å². The monoisotopic (exact) mass is 1340 g/mol. The average molecular weight is 1340 g/mol. The van der Waals surface area contributed by atoms with E-state index in [1.807, 2.05) is 222 Å². The highest BCUT2D eigenvalue weighted by Gasteiger charge is 2.45. The van der Waals surface area contributed by atoms with Gasteiger partial charge in [-0.2, -0.15) is 0 Å². The second kappa shape index (κ2) is 21.8. The molecule has 16 aromatic carbocycles. The minimum absolute atomic E-state index is 0.168. The highest BCUT2D eigenvalue weighted by molar-refractivity contribution is 7.00. The van der Waals surface area contributed by atoms with Gasteiger partial charge in [-0.15, -0.1) is 0 Å². The Bertz CT molecular complexity index is 8030. The van der Waals surface area contributed by atoms with Gasteiger partial charge in [0.15, 0.2) is 0 Å². The standard InChI is InChI=1S/C96H60BN7/c1-4-26-63(27-5-1)98-82-43-21-14-36-72(82)75-56-61(50-55-85(75)98)62-57-92-96-93(58-62)104(89-49-25-47-87-95(89)74-38-16-23-45-84(74)100(87)65-30-8-3-9-31-65)91-60-67(102-80-41-19-12-34-70(80)71-35-13-20-42-81(71)102)52-54-77(91)97(96)76-53-51-66(101-78-39-17-10-32-68(78)69-33-11-18-40-79(69)101)59-90(76)103(92)88-48-24-46-86-94(88)73-37-15-22-44-83(73)99(86)64-28-6-2-7-29-64/h1-60H/i10D,11D,12D,13D,17D,18D,19D,20D,32D,33D,34D,35D,39D,40D,41D,42D,51D,52D,53D,54D,59D,60D. The molecule has 8 heteroatoms. The van der Waals surface area contributed by atoms with E-state index in [2.05, 4.69) is 31.9 Å². The number of anilines is 6. The first-order valence-electron chi connectivity index (χ1n) is 45.2. The quantitative estimate of drug-likeness (QED) is 0.142. The second-order valence-corrected chi connectivity index (χ2v) is 26.2. The number of benzene rings is 16. The third kappa shape index (κ3) is 7.96. The van der Waals surface area contributed by atoms with Gasteiger partial charge in [-0.05, 0) is 179 Å². The van der Waals surface area contributed by atoms with Crippen LogP contribution in [0.4, 0.5) is 34.1 Å². The molecule has 23 rings (SSSR count). The van der Waals surface area contributed by atoms with E-state index in [-0.39, 0.29) is 55.2 Å². The number of hydrogen-bond donors (Lipinski definition) is 0. The third-order valence-electron chi connectivity index (χ3n) is 20.9. The molecule has 0 saturated carbocycles. The van der Waals surface area contributed by atoms with Crippen LogP contribution in [0.1, 0.15) is 30.2 Å². The SMILES string of the molecule is [2H]c1c([2H])c(-n2c3c([2H])c([2H])c([2H])c([2H])c3c3c([2H])c([2H])c([2H])c([2H])c32)c([2H])c2c1B1c3c(cc(-c4ccc5c(c4)c4ccccc4n5-c4ccccc4)cc3N(c3cccc4c3c3ccccc3n4-c3ccccc3)c3c([2H])c(-n4c5c([2H])c([2H])c([2H])c([2H])c5c5c([2H])c([2H])c([2H])c([2H])c54)c([2H])c([2H])c31)N2c1cccc2c1c1ccccc1n2-c1ccccc1. The molecule has 5 aromatic heterocycles. The van der Waals surface area contributed by atoms with E-state index in [0.29, 0.717) is 60.5 Å². The van der Waals surface area contributed by atoms with Gasteiger partial charge in [-0.25, -0.2) is 0 Å². The van der Waals surface area contributed by atoms with Crippen molar-refractivity contribution in [3.05, 3.63) is 363 Å². The molecule has 7 nitrogen and oxygen atoms in total. The van der Waals surface area contributed by atoms with Crippen LogP contribution in [0.3, 0.4) is 0 Å². The van der Waals surface area contributed by atoms with Crippen molar-refractivity contribution >= 4 is 166 Å². The van der Waals surface area contributed by atoms with Gasteiger partial charge >= 0.3 is 0 Å². The molecule has 0 fully saturated rings. The predicted molar refractivity (Wildman–Crippen MR) is 438 cm³/mol. The van der Waals surface area contributed by atoms with Crippen LogP contribution in [0, 0.1) is 0 Å². The summed E-state index contributed by atoms with van der Waals surface area (Å²) in [4.78, 5) is 3.68. The van der Waals surface area contributed by atoms with Crippen molar-refractivity contribution in [2.75, 3.05) is 9.80 Å². The van der Waals surface area contributed by atoms with Gasteiger partial charge < -0.3 is 32.6 Å². The largest absolute Gasteiger partial charge is 0.311 e. The Labute approximate surface area is 629 Å². The van der Waals surface area contributed by atoms with Crippen LogP contribution in [-0.4, -0.2) is 29.5 Å². The molecule has 482 valence electrons. The maximum absolute atomic E-state index is 11.7. The molecule has 0 radical (unpaired) electrons. The Morgan fingerprint density at radius 1 is 0.221 bits per heavy atom. The fourth-order valence-electron chi connectivity index (χ4n) is 16.8. The highest BCUT2D eigenvalue weighted by atomic mass is 15.2. The lowest BCUT2D eigenvalue weighted by molar-refractivity contribution is 1.17. The van der Waals surface area contributed by atoms with Crippen molar-refractivity contribution in [2.45, 2.75) is 0 Å². The molecule has 0 atom stereocenters. The molecule has 0 spiro atoms. The summed E-state index contributed by atoms with van der Waals surface area (Å²) in [5.74, 6) is 0. The number of para-hydroxylation sites is 10. The zero-order chi connectivity index (χ0) is 87.0. The van der Waals surface area contributed by atoms with Gasteiger partial charge in [0.1, 0.15) is 0 Å². The fraction of sp³-hybridized carbons (Fsp3) is 0. The smallest absolute Gasteiger partial charge is 0.252 e. The summed E-state index contributed by atoms with van der Waals surface area (Å²) < 4.78 is 228. The van der Waals surface area contributed by atoms with Gasteiger partial charge in [0.05, 0.1) is 96.7 Å². The van der Waals surface area contributed by atoms with E-state index in [0.717, 1.165) is 59.0 Å². The van der Waals surface area contributed by atoms with Crippen molar-refractivity contribution in [3.63, 3.8) is 0 Å². The summed E-state index contributed by atoms with van der Waals surface area (Å²) in [5.41, 5.74) is 6.14. The van der Waals surface area contributed by atoms with Crippen LogP contribution in [0.15, 0.2) is 363 Å². The van der Waals surface area contributed by atoms with Crippen LogP contribution < -0.4 is 26.2 Å². The minimum atomic E-state index is -1.66. The maximum Gasteiger partial charge on any atom is 0.252 e. The molecule has 0 aliphatic carbocycles. The summed E-state index contributed by atoms with van der Waals surface area (Å²) in [6, 6.07) is 58.5. The maximum atomic E-state index is 11.7. The number of nitrogens with zero attached hydrogens (tertiary/aromatic N) is 7. The normalized spacial score (nSPS) is 15.7. The highest BCUT2D eigenvalue weighted by Crippen LogP contribution is 2.53. The number of rotatable bonds is 8. The zero-order valence-electron chi connectivity index (χ0n) is 76.6. The van der Waals surface area contributed by atoms with Crippen molar-refractivity contribution < 1.29 is 30.2 Å². The van der Waals surface area contributed by atoms with E-state index in [4.69, 9.17) is 5.48 Å². The Morgan fingerprint density at radius 3 is 1.02 bits per heavy atom. The first-order chi connectivity index (χ1) is 60.8. The van der Waals surface area contributed by atoms with E-state index in [9.17, 15) is 24.7 Å². The summed E-state index contributed by atoms with van der Waals surface area (Å²) in [7, 11) is 0. The van der Waals surface area contributed by atoms with Crippen molar-refractivity contribution in [1.82, 2.24) is 22.8 Å². The van der Waals surface area contributed by atoms with Crippen molar-refractivity contribution in [3.8, 4) is 39.6 Å². The molecular weight excluding hydrogens is 1260 g/mol. The predicted octanol–water partition coefficient (Wildman–Crippen LogP) is 22.9. The Morgan fingerprint density at radius 2 is 0.577 bits per heavy atom. The Hall–Kier alpha value is -13.8. The van der Waals surface area contributed by atoms with Crippen LogP contribution >= 0.6 is 0 Å². The van der Waals surface area contributed by atoms with Crippen LogP contribution in [-0.2, 0) is 0 Å². The fourth-order valence-corrected chi connectivity index (χ4v) is 16.8. The zero-order valence-corrected chi connectivity index (χ0v) is 54.6. The number of hydrogen-bond acceptors (Lipinski definition) is 2. The summed E-state index contributed by atoms with van der Waals surface area (Å²) in [6.07, 6.45) is 0. The molecule has 104 heavy (non-hydrogen) atoms. The minimum Gasteiger partial charge on any atom is -0.311 e. The first kappa shape index (κ1) is 39.8. The topological polar surface area (TPSA) is 31.1 Å². The molecule has 21 aromatic rings. The van der Waals surface area contributed by atoms with Crippen molar-refractivity contribution in [1.29, 1.82) is 0 Å². The first-order valence-corrected chi connectivity index (χ1v) is 34.2. The molecule has 2 aliphatic heterocycles. The van der Waals surface area contributed by atoms with Gasteiger partial charge in [0, 0.05) is 105 Å². The number of aromatic nitrogens is 5. The lowest BCUT2D eigenvalue weighted by Crippen LogP contribution is -2.61. The Balaban J connectivity index is 0.959. The molecule has 0 unspecified atom stereocenters. The van der Waals surface area contributed by atoms with E-state index in [1.165, 1.54) is 0 Å². The molecule has 7 heterocycles. The molecular formula is C96H60BN7. The second-order valence-electron chi connectivity index (χ2n) is 26.2. The summed E-state index contributed by atoms with van der Waals surface area (Å²) in [6.45, 7) is -1.66. The van der Waals surface area contributed by atoms with Gasteiger partial charge in [-0.3, -0.25) is 0 Å². The van der Waals surface area contributed by atoms with Crippen LogP contribution in [0.5, 0.6) is 0 Å². The lowest BCUT2D eigenvalue weighted by Gasteiger charge is -2.45. The summed E-state index contributed by atoms with van der Waals surface area (Å²) >= 11 is 0. The third-order valence-corrected chi connectivity index (χ3v) is 20.9. The Kier molecular flexibility index (Phi) is 8.37. The van der Waals surface area contributed by atoms with Gasteiger partial charge in [0.2, 0.25) is 0 Å². The molecule has 0 bridgehead atoms. The van der Waals surface area contributed by atoms with E-state index in [1.54, 1.807) is 0 Å². The molecule has 0 N–H and O–H groups in total. The molecule has 0 saturated heterocycles. The van der Waals surface area contributed by atoms with Crippen molar-refractivity contribution in [2.24, 2.45) is 0 Å². The average Bonchev–Trinajstić information content (AvgIpc) is 0.789. The lowest BCUT2D eigenvalue weighted by atomic mass is 9.33.